The Morgan fingerprint density at radius 1 is 0.854 bits per heavy atom. The van der Waals surface area contributed by atoms with E-state index in [4.69, 9.17) is 6.58 Å². The Morgan fingerprint density at radius 3 is 2.20 bits per heavy atom. The van der Waals surface area contributed by atoms with Crippen molar-refractivity contribution < 1.29 is 31.8 Å². The van der Waals surface area contributed by atoms with Crippen LogP contribution in [0.3, 0.4) is 0 Å². The second-order valence-electron chi connectivity index (χ2n) is 17.0. The predicted octanol–water partition coefficient (Wildman–Crippen LogP) is 4.59. The Labute approximate surface area is 261 Å². The summed E-state index contributed by atoms with van der Waals surface area (Å²) in [6.45, 7) is 23.1. The Balaban J connectivity index is 0.00000337. The zero-order valence-electron chi connectivity index (χ0n) is 27.1. The fourth-order valence-corrected chi connectivity index (χ4v) is 12.9. The molecule has 2 unspecified atom stereocenters. The summed E-state index contributed by atoms with van der Waals surface area (Å²) >= 11 is 0. The number of aliphatic hydroxyl groups excluding tert-OH is 2. The summed E-state index contributed by atoms with van der Waals surface area (Å²) in [5.41, 5.74) is 5.00. The lowest BCUT2D eigenvalue weighted by atomic mass is 9.32. The highest BCUT2D eigenvalue weighted by atomic mass is 79.9. The first-order valence-corrected chi connectivity index (χ1v) is 16.7. The molecule has 2 N–H and O–H groups in total. The number of aromatic nitrogens is 1. The molecule has 1 heterocycles. The van der Waals surface area contributed by atoms with Gasteiger partial charge in [-0.2, -0.15) is 0 Å². The largest absolute Gasteiger partial charge is 1.00 e. The Morgan fingerprint density at radius 2 is 1.54 bits per heavy atom. The highest BCUT2D eigenvalue weighted by Crippen LogP contribution is 2.77. The summed E-state index contributed by atoms with van der Waals surface area (Å²) in [6.07, 6.45) is 16.5. The molecule has 1 aromatic rings. The van der Waals surface area contributed by atoms with Crippen molar-refractivity contribution in [2.75, 3.05) is 6.61 Å². The standard InChI is InChI=1S/C37H58NO2.BrH/c1-24-19-25(2)21-38(20-24)22-26(3)27-11-16-37(23-39)18-17-35(7)28(32(27)37)9-10-30-34(6)14-13-31(40)33(4,5)29(34)12-15-36(30,35)8;/h19-21,27-32,39-40H,3,9-18,22-23H2,1-2,4-8H3;1H/q+1;/p-1/t27-,28+,29-,30?,31?,32+,34-,35+,36+,37+;/m0./s1. The van der Waals surface area contributed by atoms with Gasteiger partial charge in [-0.25, -0.2) is 4.57 Å². The molecule has 0 radical (unpaired) electrons. The third-order valence-corrected chi connectivity index (χ3v) is 15.0. The van der Waals surface area contributed by atoms with Crippen LogP contribution in [-0.4, -0.2) is 22.9 Å². The van der Waals surface area contributed by atoms with Crippen molar-refractivity contribution >= 4 is 0 Å². The average molecular weight is 629 g/mol. The minimum atomic E-state index is -0.165. The van der Waals surface area contributed by atoms with E-state index in [1.165, 1.54) is 68.1 Å². The molecule has 0 spiro atoms. The average Bonchev–Trinajstić information content (AvgIpc) is 3.27. The van der Waals surface area contributed by atoms with Crippen LogP contribution in [0.25, 0.3) is 0 Å². The van der Waals surface area contributed by atoms with E-state index in [0.29, 0.717) is 46.5 Å². The molecule has 5 aliphatic rings. The lowest BCUT2D eigenvalue weighted by Gasteiger charge is -2.73. The number of nitrogens with zero attached hydrogens (tertiary/aromatic N) is 1. The van der Waals surface area contributed by atoms with E-state index in [9.17, 15) is 10.2 Å². The molecule has 0 bridgehead atoms. The maximum absolute atomic E-state index is 11.0. The number of fused-ring (bicyclic) bond motifs is 7. The second-order valence-corrected chi connectivity index (χ2v) is 17.0. The molecule has 5 aliphatic carbocycles. The number of pyridine rings is 1. The fourth-order valence-electron chi connectivity index (χ4n) is 12.9. The van der Waals surface area contributed by atoms with E-state index in [0.717, 1.165) is 25.3 Å². The molecule has 6 rings (SSSR count). The van der Waals surface area contributed by atoms with Crippen LogP contribution in [-0.2, 0) is 6.54 Å². The first-order chi connectivity index (χ1) is 18.7. The summed E-state index contributed by atoms with van der Waals surface area (Å²) in [5.74, 6) is 3.03. The van der Waals surface area contributed by atoms with E-state index < -0.39 is 0 Å². The van der Waals surface area contributed by atoms with Crippen LogP contribution < -0.4 is 21.5 Å². The summed E-state index contributed by atoms with van der Waals surface area (Å²) < 4.78 is 2.35. The molecule has 3 nitrogen and oxygen atoms in total. The van der Waals surface area contributed by atoms with Crippen molar-refractivity contribution in [1.29, 1.82) is 0 Å². The van der Waals surface area contributed by atoms with E-state index in [-0.39, 0.29) is 33.9 Å². The van der Waals surface area contributed by atoms with Gasteiger partial charge in [0.05, 0.1) is 6.10 Å². The number of hydrogen-bond donors (Lipinski definition) is 2. The summed E-state index contributed by atoms with van der Waals surface area (Å²) in [7, 11) is 0. The van der Waals surface area contributed by atoms with Gasteiger partial charge in [0, 0.05) is 17.7 Å². The molecule has 41 heavy (non-hydrogen) atoms. The SMILES string of the molecule is C=C(C[n+]1cc(C)cc(C)c1)[C@@H]1CC[C@]2(CO)CC[C@]3(C)[C@H](CCC4[C@@]5(C)CCC(O)C(C)(C)[C@@H]5CC[C@]43C)[C@@H]12.[Br-]. The van der Waals surface area contributed by atoms with E-state index in [1.54, 1.807) is 0 Å². The third kappa shape index (κ3) is 4.41. The Hall–Kier alpha value is -0.710. The number of aliphatic hydroxyl groups is 2. The highest BCUT2D eigenvalue weighted by molar-refractivity contribution is 5.22. The quantitative estimate of drug-likeness (QED) is 0.379. The molecule has 5 saturated carbocycles. The Kier molecular flexibility index (Phi) is 8.07. The molecular formula is C37H58BrNO2. The fraction of sp³-hybridized carbons (Fsp3) is 0.811. The Bertz CT molecular complexity index is 1160. The number of halogens is 1. The van der Waals surface area contributed by atoms with Crippen LogP contribution in [0.2, 0.25) is 0 Å². The van der Waals surface area contributed by atoms with Crippen LogP contribution in [0.4, 0.5) is 0 Å². The number of allylic oxidation sites excluding steroid dienone is 1. The maximum atomic E-state index is 11.0. The molecule has 230 valence electrons. The van der Waals surface area contributed by atoms with Gasteiger partial charge in [0.2, 0.25) is 0 Å². The van der Waals surface area contributed by atoms with Gasteiger partial charge >= 0.3 is 0 Å². The molecule has 0 aromatic carbocycles. The third-order valence-electron chi connectivity index (χ3n) is 15.0. The lowest BCUT2D eigenvalue weighted by molar-refractivity contribution is -0.690. The van der Waals surface area contributed by atoms with Crippen LogP contribution in [0, 0.1) is 70.5 Å². The van der Waals surface area contributed by atoms with Gasteiger partial charge in [0.25, 0.3) is 0 Å². The van der Waals surface area contributed by atoms with Crippen LogP contribution in [0.5, 0.6) is 0 Å². The van der Waals surface area contributed by atoms with Crippen LogP contribution in [0.15, 0.2) is 30.6 Å². The van der Waals surface area contributed by atoms with Crippen LogP contribution >= 0.6 is 0 Å². The van der Waals surface area contributed by atoms with Crippen molar-refractivity contribution in [3.8, 4) is 0 Å². The summed E-state index contributed by atoms with van der Waals surface area (Å²) in [5, 5.41) is 22.0. The summed E-state index contributed by atoms with van der Waals surface area (Å²) in [4.78, 5) is 0. The predicted molar refractivity (Wildman–Crippen MR) is 162 cm³/mol. The second kappa shape index (κ2) is 10.4. The molecule has 1 aromatic heterocycles. The van der Waals surface area contributed by atoms with E-state index in [2.05, 4.69) is 71.5 Å². The zero-order valence-corrected chi connectivity index (χ0v) is 28.7. The molecule has 0 aliphatic heterocycles. The van der Waals surface area contributed by atoms with Gasteiger partial charge in [0.15, 0.2) is 18.9 Å². The van der Waals surface area contributed by atoms with Crippen molar-refractivity contribution in [3.63, 3.8) is 0 Å². The monoisotopic (exact) mass is 627 g/mol. The molecule has 0 saturated heterocycles. The summed E-state index contributed by atoms with van der Waals surface area (Å²) in [6, 6.07) is 2.25. The van der Waals surface area contributed by atoms with E-state index in [1.807, 2.05) is 0 Å². The van der Waals surface area contributed by atoms with Gasteiger partial charge in [-0.1, -0.05) is 41.2 Å². The van der Waals surface area contributed by atoms with Crippen molar-refractivity contribution in [2.45, 2.75) is 125 Å². The van der Waals surface area contributed by atoms with Crippen molar-refractivity contribution in [1.82, 2.24) is 0 Å². The number of aryl methyl sites for hydroxylation is 2. The molecular weight excluding hydrogens is 570 g/mol. The smallest absolute Gasteiger partial charge is 0.172 e. The van der Waals surface area contributed by atoms with Gasteiger partial charge in [0.1, 0.15) is 0 Å². The minimum Gasteiger partial charge on any atom is -1.00 e. The van der Waals surface area contributed by atoms with Gasteiger partial charge in [-0.3, -0.25) is 0 Å². The maximum Gasteiger partial charge on any atom is 0.172 e. The minimum absolute atomic E-state index is 0. The van der Waals surface area contributed by atoms with Gasteiger partial charge in [-0.15, -0.1) is 0 Å². The molecule has 10 atom stereocenters. The van der Waals surface area contributed by atoms with Crippen molar-refractivity contribution in [2.24, 2.45) is 56.7 Å². The topological polar surface area (TPSA) is 44.3 Å². The normalized spacial score (nSPS) is 46.4. The first kappa shape index (κ1) is 31.7. The number of rotatable bonds is 4. The first-order valence-electron chi connectivity index (χ1n) is 16.7. The van der Waals surface area contributed by atoms with Gasteiger partial charge < -0.3 is 27.2 Å². The number of hydrogen-bond acceptors (Lipinski definition) is 2. The molecule has 4 heteroatoms. The van der Waals surface area contributed by atoms with Gasteiger partial charge in [-0.05, 0) is 146 Å². The lowest BCUT2D eigenvalue weighted by Crippen LogP contribution is -3.00. The zero-order chi connectivity index (χ0) is 28.9. The molecule has 5 fully saturated rings. The van der Waals surface area contributed by atoms with Crippen LogP contribution in [0.1, 0.15) is 110 Å². The van der Waals surface area contributed by atoms with E-state index >= 15 is 0 Å². The van der Waals surface area contributed by atoms with Crippen molar-refractivity contribution in [3.05, 3.63) is 41.7 Å². The molecule has 0 amide bonds. The highest BCUT2D eigenvalue weighted by Gasteiger charge is 2.70.